The summed E-state index contributed by atoms with van der Waals surface area (Å²) in [4.78, 5) is 12.6. The molecule has 1 N–H and O–H groups in total. The van der Waals surface area contributed by atoms with Gasteiger partial charge in [0, 0.05) is 13.2 Å². The van der Waals surface area contributed by atoms with Gasteiger partial charge in [0.15, 0.2) is 0 Å². The summed E-state index contributed by atoms with van der Waals surface area (Å²) in [6, 6.07) is 0. The predicted molar refractivity (Wildman–Crippen MR) is 215 cm³/mol. The average Bonchev–Trinajstić information content (AvgIpc) is 3.06. The summed E-state index contributed by atoms with van der Waals surface area (Å²) in [6.45, 7) is 7.48. The van der Waals surface area contributed by atoms with E-state index in [1.54, 1.807) is 0 Å². The molecule has 0 fully saturated rings. The SMILES string of the molecule is CCCCCCCCCCCCCCCCCCOCC(CNCCCCCCCCCCCCCCCC)OP(=O)([O-])OCC[N+](C)(C)C. The normalized spacial score (nSPS) is 14.0. The van der Waals surface area contributed by atoms with Crippen LogP contribution in [0.5, 0.6) is 0 Å². The first kappa shape index (κ1) is 50.0. The molecule has 0 saturated carbocycles. The first-order valence-corrected chi connectivity index (χ1v) is 23.4. The maximum Gasteiger partial charge on any atom is 0.268 e. The molecule has 7 nitrogen and oxygen atoms in total. The molecule has 302 valence electrons. The van der Waals surface area contributed by atoms with Crippen LogP contribution in [-0.2, 0) is 18.3 Å². The average molecular weight is 733 g/mol. The van der Waals surface area contributed by atoms with E-state index in [1.165, 1.54) is 173 Å². The molecule has 2 unspecified atom stereocenters. The van der Waals surface area contributed by atoms with E-state index in [0.717, 1.165) is 25.8 Å². The monoisotopic (exact) mass is 733 g/mol. The highest BCUT2D eigenvalue weighted by molar-refractivity contribution is 7.45. The second kappa shape index (κ2) is 37.3. The molecular weight excluding hydrogens is 643 g/mol. The van der Waals surface area contributed by atoms with Gasteiger partial charge in [-0.1, -0.05) is 194 Å². The van der Waals surface area contributed by atoms with Crippen LogP contribution in [-0.4, -0.2) is 71.2 Å². The van der Waals surface area contributed by atoms with E-state index in [2.05, 4.69) is 19.2 Å². The molecule has 2 atom stereocenters. The summed E-state index contributed by atoms with van der Waals surface area (Å²) in [5.41, 5.74) is 0. The lowest BCUT2D eigenvalue weighted by Gasteiger charge is -2.30. The van der Waals surface area contributed by atoms with Crippen molar-refractivity contribution < 1.29 is 27.7 Å². The molecule has 0 bridgehead atoms. The smallest absolute Gasteiger partial charge is 0.268 e. The summed E-state index contributed by atoms with van der Waals surface area (Å²) in [6.07, 6.45) is 39.7. The molecule has 0 aliphatic carbocycles. The van der Waals surface area contributed by atoms with E-state index in [4.69, 9.17) is 13.8 Å². The van der Waals surface area contributed by atoms with Crippen molar-refractivity contribution in [3.63, 3.8) is 0 Å². The summed E-state index contributed by atoms with van der Waals surface area (Å²) < 4.78 is 29.8. The van der Waals surface area contributed by atoms with Crippen molar-refractivity contribution in [3.05, 3.63) is 0 Å². The molecule has 0 amide bonds. The first-order valence-electron chi connectivity index (χ1n) is 21.9. The van der Waals surface area contributed by atoms with Crippen LogP contribution in [0, 0.1) is 0 Å². The molecule has 0 heterocycles. The van der Waals surface area contributed by atoms with Gasteiger partial charge in [-0.2, -0.15) is 0 Å². The van der Waals surface area contributed by atoms with Crippen molar-refractivity contribution >= 4 is 7.82 Å². The lowest BCUT2D eigenvalue weighted by atomic mass is 10.0. The van der Waals surface area contributed by atoms with Gasteiger partial charge in [0.1, 0.15) is 19.3 Å². The van der Waals surface area contributed by atoms with Gasteiger partial charge in [-0.05, 0) is 19.4 Å². The van der Waals surface area contributed by atoms with E-state index in [9.17, 15) is 9.46 Å². The third kappa shape index (κ3) is 40.8. The van der Waals surface area contributed by atoms with E-state index in [0.29, 0.717) is 24.2 Å². The van der Waals surface area contributed by atoms with Crippen LogP contribution in [0.2, 0.25) is 0 Å². The third-order valence-electron chi connectivity index (χ3n) is 9.81. The number of hydrogen-bond donors (Lipinski definition) is 1. The molecule has 0 radical (unpaired) electrons. The second-order valence-electron chi connectivity index (χ2n) is 16.2. The van der Waals surface area contributed by atoms with Gasteiger partial charge in [-0.3, -0.25) is 4.57 Å². The zero-order chi connectivity index (χ0) is 36.9. The number of phosphoric ester groups is 1. The predicted octanol–water partition coefficient (Wildman–Crippen LogP) is 11.9. The van der Waals surface area contributed by atoms with Crippen molar-refractivity contribution in [1.82, 2.24) is 5.32 Å². The highest BCUT2D eigenvalue weighted by Crippen LogP contribution is 2.39. The molecular formula is C42H89N2O5P. The molecule has 8 heteroatoms. The quantitative estimate of drug-likeness (QED) is 0.0382. The lowest BCUT2D eigenvalue weighted by Crippen LogP contribution is -2.38. The second-order valence-corrected chi connectivity index (χ2v) is 17.6. The number of phosphoric acid groups is 1. The van der Waals surface area contributed by atoms with Crippen molar-refractivity contribution in [2.45, 2.75) is 213 Å². The Morgan fingerprint density at radius 2 is 0.900 bits per heavy atom. The standard InChI is InChI=1S/C42H89N2O5P/c1-6-8-10-12-14-16-18-20-22-23-25-27-29-31-33-35-38-47-41-42(49-50(45,46)48-39-37-44(3,4)5)40-43-36-34-32-30-28-26-24-21-19-17-15-13-11-9-7-2/h42-43H,6-41H2,1-5H3. The van der Waals surface area contributed by atoms with E-state index < -0.39 is 13.9 Å². The number of nitrogens with one attached hydrogen (secondary N) is 1. The van der Waals surface area contributed by atoms with Crippen LogP contribution in [0.3, 0.4) is 0 Å². The van der Waals surface area contributed by atoms with Gasteiger partial charge in [0.05, 0.1) is 27.7 Å². The molecule has 0 saturated heterocycles. The fourth-order valence-electron chi connectivity index (χ4n) is 6.44. The maximum absolute atomic E-state index is 12.6. The Bertz CT molecular complexity index is 721. The minimum atomic E-state index is -4.40. The lowest BCUT2D eigenvalue weighted by molar-refractivity contribution is -0.870. The Morgan fingerprint density at radius 1 is 0.540 bits per heavy atom. The van der Waals surface area contributed by atoms with Crippen molar-refractivity contribution in [2.24, 2.45) is 0 Å². The van der Waals surface area contributed by atoms with Crippen molar-refractivity contribution in [1.29, 1.82) is 0 Å². The molecule has 0 aromatic heterocycles. The Morgan fingerprint density at radius 3 is 1.28 bits per heavy atom. The highest BCUT2D eigenvalue weighted by Gasteiger charge is 2.20. The van der Waals surface area contributed by atoms with E-state index >= 15 is 0 Å². The Kier molecular flexibility index (Phi) is 37.3. The summed E-state index contributed by atoms with van der Waals surface area (Å²) in [5, 5.41) is 3.42. The fourth-order valence-corrected chi connectivity index (χ4v) is 7.31. The molecule has 50 heavy (non-hydrogen) atoms. The number of ether oxygens (including phenoxy) is 1. The topological polar surface area (TPSA) is 79.9 Å². The Balaban J connectivity index is 4.02. The Hall–Kier alpha value is -0.0100. The highest BCUT2D eigenvalue weighted by atomic mass is 31.2. The van der Waals surface area contributed by atoms with Gasteiger partial charge in [0.25, 0.3) is 7.82 Å². The van der Waals surface area contributed by atoms with Gasteiger partial charge >= 0.3 is 0 Å². The maximum atomic E-state index is 12.6. The largest absolute Gasteiger partial charge is 0.756 e. The van der Waals surface area contributed by atoms with Crippen LogP contribution < -0.4 is 10.2 Å². The van der Waals surface area contributed by atoms with Crippen LogP contribution in [0.25, 0.3) is 0 Å². The minimum Gasteiger partial charge on any atom is -0.756 e. The van der Waals surface area contributed by atoms with Crippen LogP contribution in [0.15, 0.2) is 0 Å². The summed E-state index contributed by atoms with van der Waals surface area (Å²) in [7, 11) is 1.63. The van der Waals surface area contributed by atoms with Gasteiger partial charge in [-0.15, -0.1) is 0 Å². The van der Waals surface area contributed by atoms with Crippen LogP contribution in [0.1, 0.15) is 206 Å². The third-order valence-corrected chi connectivity index (χ3v) is 10.9. The number of quaternary nitrogens is 1. The molecule has 0 aliphatic heterocycles. The fraction of sp³-hybridized carbons (Fsp3) is 1.00. The zero-order valence-electron chi connectivity index (χ0n) is 34.5. The van der Waals surface area contributed by atoms with Crippen LogP contribution >= 0.6 is 7.82 Å². The van der Waals surface area contributed by atoms with Gasteiger partial charge in [0.2, 0.25) is 0 Å². The number of nitrogens with zero attached hydrogens (tertiary/aromatic N) is 1. The summed E-state index contributed by atoms with van der Waals surface area (Å²) in [5.74, 6) is 0. The Labute approximate surface area is 313 Å². The molecule has 0 aromatic rings. The molecule has 0 rings (SSSR count). The first-order chi connectivity index (χ1) is 24.2. The van der Waals surface area contributed by atoms with E-state index in [-0.39, 0.29) is 13.2 Å². The van der Waals surface area contributed by atoms with Crippen molar-refractivity contribution in [2.75, 3.05) is 60.6 Å². The van der Waals surface area contributed by atoms with E-state index in [1.807, 2.05) is 21.1 Å². The minimum absolute atomic E-state index is 0.115. The van der Waals surface area contributed by atoms with Gasteiger partial charge < -0.3 is 28.5 Å². The number of unbranched alkanes of at least 4 members (excludes halogenated alkanes) is 28. The number of rotatable bonds is 42. The zero-order valence-corrected chi connectivity index (χ0v) is 35.4. The number of likely N-dealkylation sites (N-methyl/N-ethyl adjacent to an activating group) is 1. The summed E-state index contributed by atoms with van der Waals surface area (Å²) >= 11 is 0. The molecule has 0 spiro atoms. The molecule has 0 aromatic carbocycles. The van der Waals surface area contributed by atoms with Gasteiger partial charge in [-0.25, -0.2) is 0 Å². The van der Waals surface area contributed by atoms with Crippen LogP contribution in [0.4, 0.5) is 0 Å². The van der Waals surface area contributed by atoms with Crippen molar-refractivity contribution in [3.8, 4) is 0 Å². The number of hydrogen-bond acceptors (Lipinski definition) is 6. The molecule has 0 aliphatic rings.